The Morgan fingerprint density at radius 3 is 2.46 bits per heavy atom. The second-order valence-electron chi connectivity index (χ2n) is 10.1. The Kier molecular flexibility index (Phi) is 9.77. The zero-order chi connectivity index (χ0) is 27.9. The summed E-state index contributed by atoms with van der Waals surface area (Å²) in [6.45, 7) is 3.77. The zero-order valence-corrected chi connectivity index (χ0v) is 24.3. The van der Waals surface area contributed by atoms with Crippen LogP contribution in [0.3, 0.4) is 0 Å². The van der Waals surface area contributed by atoms with Crippen LogP contribution in [-0.2, 0) is 4.79 Å². The van der Waals surface area contributed by atoms with Gasteiger partial charge in [-0.1, -0.05) is 0 Å². The number of fused-ring (bicyclic) bond motifs is 1. The summed E-state index contributed by atoms with van der Waals surface area (Å²) < 4.78 is 11.9. The van der Waals surface area contributed by atoms with Crippen molar-refractivity contribution in [1.82, 2.24) is 25.0 Å². The number of amides is 2. The number of aromatic nitrogens is 1. The van der Waals surface area contributed by atoms with Gasteiger partial charge in [0.15, 0.2) is 0 Å². The molecule has 39 heavy (non-hydrogen) atoms. The van der Waals surface area contributed by atoms with E-state index in [0.29, 0.717) is 35.5 Å². The van der Waals surface area contributed by atoms with E-state index < -0.39 is 0 Å². The SMILES string of the molecule is CNC(=O)CCN(CCN1CCC(N(C)C)CC1)C(=O)c1cc2cc(OC)cc(-c3cncc(OC)c3)c2s1. The summed E-state index contributed by atoms with van der Waals surface area (Å²) in [5.74, 6) is 1.23. The van der Waals surface area contributed by atoms with Gasteiger partial charge in [0, 0.05) is 61.2 Å². The maximum atomic E-state index is 13.8. The number of rotatable bonds is 11. The van der Waals surface area contributed by atoms with Gasteiger partial charge in [-0.15, -0.1) is 11.3 Å². The van der Waals surface area contributed by atoms with Crippen LogP contribution >= 0.6 is 11.3 Å². The fourth-order valence-electron chi connectivity index (χ4n) is 4.99. The monoisotopic (exact) mass is 553 g/mol. The van der Waals surface area contributed by atoms with Crippen LogP contribution in [0.25, 0.3) is 21.2 Å². The molecule has 2 aromatic heterocycles. The number of nitrogens with zero attached hydrogens (tertiary/aromatic N) is 4. The number of carbonyl (C=O) groups is 2. The first-order valence-corrected chi connectivity index (χ1v) is 14.1. The van der Waals surface area contributed by atoms with E-state index >= 15 is 0 Å². The third-order valence-electron chi connectivity index (χ3n) is 7.44. The van der Waals surface area contributed by atoms with Gasteiger partial charge in [0.05, 0.1) is 25.3 Å². The maximum absolute atomic E-state index is 13.8. The van der Waals surface area contributed by atoms with Gasteiger partial charge in [-0.25, -0.2) is 0 Å². The lowest BCUT2D eigenvalue weighted by Crippen LogP contribution is -2.45. The van der Waals surface area contributed by atoms with Gasteiger partial charge in [0.25, 0.3) is 5.91 Å². The molecule has 2 amide bonds. The second-order valence-corrected chi connectivity index (χ2v) is 11.1. The number of hydrogen-bond acceptors (Lipinski definition) is 8. The van der Waals surface area contributed by atoms with Crippen LogP contribution in [0.1, 0.15) is 28.9 Å². The molecule has 1 N–H and O–H groups in total. The number of ether oxygens (including phenoxy) is 2. The summed E-state index contributed by atoms with van der Waals surface area (Å²) >= 11 is 1.46. The fourth-order valence-corrected chi connectivity index (χ4v) is 6.14. The molecule has 210 valence electrons. The molecule has 0 spiro atoms. The van der Waals surface area contributed by atoms with Crippen molar-refractivity contribution in [1.29, 1.82) is 0 Å². The number of pyridine rings is 1. The standard InChI is InChI=1S/C29H39N5O4S/c1-30-27(35)8-11-34(13-12-33-9-6-22(7-10-33)32(2)3)29(36)26-16-20-14-23(37-4)17-25(28(20)39-26)21-15-24(38-5)19-31-18-21/h14-19,22H,6-13H2,1-5H3,(H,30,35). The number of benzene rings is 1. The van der Waals surface area contributed by atoms with Crippen LogP contribution in [0.4, 0.5) is 0 Å². The number of carbonyl (C=O) groups excluding carboxylic acids is 2. The van der Waals surface area contributed by atoms with E-state index in [1.807, 2.05) is 29.2 Å². The van der Waals surface area contributed by atoms with Gasteiger partial charge in [0.1, 0.15) is 11.5 Å². The van der Waals surface area contributed by atoms with E-state index in [4.69, 9.17) is 9.47 Å². The number of likely N-dealkylation sites (tertiary alicyclic amines) is 1. The molecule has 1 aromatic carbocycles. The molecule has 10 heteroatoms. The lowest BCUT2D eigenvalue weighted by Gasteiger charge is -2.36. The second kappa shape index (κ2) is 13.2. The van der Waals surface area contributed by atoms with Gasteiger partial charge in [-0.05, 0) is 69.7 Å². The highest BCUT2D eigenvalue weighted by Gasteiger charge is 2.24. The Bertz CT molecular complexity index is 1290. The Hall–Kier alpha value is -3.21. The number of piperidine rings is 1. The van der Waals surface area contributed by atoms with E-state index in [1.54, 1.807) is 33.7 Å². The smallest absolute Gasteiger partial charge is 0.264 e. The summed E-state index contributed by atoms with van der Waals surface area (Å²) in [5, 5.41) is 3.60. The first-order chi connectivity index (χ1) is 18.8. The minimum Gasteiger partial charge on any atom is -0.497 e. The summed E-state index contributed by atoms with van der Waals surface area (Å²) in [4.78, 5) is 37.4. The molecule has 0 saturated carbocycles. The highest BCUT2D eigenvalue weighted by molar-refractivity contribution is 7.21. The van der Waals surface area contributed by atoms with Crippen LogP contribution in [-0.4, -0.2) is 106 Å². The van der Waals surface area contributed by atoms with Crippen LogP contribution < -0.4 is 14.8 Å². The highest BCUT2D eigenvalue weighted by atomic mass is 32.1. The van der Waals surface area contributed by atoms with Crippen molar-refractivity contribution in [2.45, 2.75) is 25.3 Å². The van der Waals surface area contributed by atoms with E-state index in [9.17, 15) is 9.59 Å². The quantitative estimate of drug-likeness (QED) is 0.388. The predicted molar refractivity (Wildman–Crippen MR) is 156 cm³/mol. The summed E-state index contributed by atoms with van der Waals surface area (Å²) in [5.41, 5.74) is 1.82. The third kappa shape index (κ3) is 7.06. The molecule has 0 aliphatic carbocycles. The third-order valence-corrected chi connectivity index (χ3v) is 8.62. The molecule has 0 atom stereocenters. The highest BCUT2D eigenvalue weighted by Crippen LogP contribution is 2.39. The summed E-state index contributed by atoms with van der Waals surface area (Å²) in [6, 6.07) is 8.37. The van der Waals surface area contributed by atoms with Crippen LogP contribution in [0.15, 0.2) is 36.7 Å². The summed E-state index contributed by atoms with van der Waals surface area (Å²) in [7, 11) is 9.14. The van der Waals surface area contributed by atoms with Crippen molar-refractivity contribution in [2.75, 3.05) is 68.1 Å². The minimum absolute atomic E-state index is 0.0584. The lowest BCUT2D eigenvalue weighted by molar-refractivity contribution is -0.120. The molecule has 0 radical (unpaired) electrons. The molecule has 1 saturated heterocycles. The van der Waals surface area contributed by atoms with Crippen LogP contribution in [0.5, 0.6) is 11.5 Å². The molecule has 0 bridgehead atoms. The van der Waals surface area contributed by atoms with E-state index in [2.05, 4.69) is 34.2 Å². The summed E-state index contributed by atoms with van der Waals surface area (Å²) in [6.07, 6.45) is 5.97. The molecule has 1 fully saturated rings. The van der Waals surface area contributed by atoms with E-state index in [0.717, 1.165) is 53.7 Å². The topological polar surface area (TPSA) is 87.2 Å². The van der Waals surface area contributed by atoms with Crippen molar-refractivity contribution in [3.8, 4) is 22.6 Å². The lowest BCUT2D eigenvalue weighted by atomic mass is 10.0. The zero-order valence-electron chi connectivity index (χ0n) is 23.5. The molecule has 9 nitrogen and oxygen atoms in total. The van der Waals surface area contributed by atoms with Crippen molar-refractivity contribution in [3.63, 3.8) is 0 Å². The largest absolute Gasteiger partial charge is 0.497 e. The maximum Gasteiger partial charge on any atom is 0.264 e. The molecule has 1 aliphatic heterocycles. The normalized spacial score (nSPS) is 14.5. The van der Waals surface area contributed by atoms with Gasteiger partial charge in [0.2, 0.25) is 5.91 Å². The Morgan fingerprint density at radius 2 is 1.79 bits per heavy atom. The molecular weight excluding hydrogens is 514 g/mol. The first kappa shape index (κ1) is 28.8. The molecule has 3 heterocycles. The average molecular weight is 554 g/mol. The molecule has 3 aromatic rings. The van der Waals surface area contributed by atoms with Crippen molar-refractivity contribution >= 4 is 33.2 Å². The van der Waals surface area contributed by atoms with Gasteiger partial charge in [-0.2, -0.15) is 0 Å². The molecule has 0 unspecified atom stereocenters. The molecular formula is C29H39N5O4S. The van der Waals surface area contributed by atoms with Crippen molar-refractivity contribution in [3.05, 3.63) is 41.5 Å². The van der Waals surface area contributed by atoms with Crippen LogP contribution in [0, 0.1) is 0 Å². The minimum atomic E-state index is -0.0755. The fraction of sp³-hybridized carbons (Fsp3) is 0.483. The van der Waals surface area contributed by atoms with Crippen molar-refractivity contribution < 1.29 is 19.1 Å². The number of nitrogens with one attached hydrogen (secondary N) is 1. The molecule has 1 aliphatic rings. The number of methoxy groups -OCH3 is 2. The van der Waals surface area contributed by atoms with Crippen LogP contribution in [0.2, 0.25) is 0 Å². The van der Waals surface area contributed by atoms with Gasteiger partial charge < -0.3 is 29.5 Å². The average Bonchev–Trinajstić information content (AvgIpc) is 3.40. The van der Waals surface area contributed by atoms with E-state index in [-0.39, 0.29) is 18.2 Å². The number of thiophene rings is 1. The molecule has 4 rings (SSSR count). The predicted octanol–water partition coefficient (Wildman–Crippen LogP) is 3.58. The van der Waals surface area contributed by atoms with Gasteiger partial charge >= 0.3 is 0 Å². The number of hydrogen-bond donors (Lipinski definition) is 1. The Balaban J connectivity index is 1.59. The van der Waals surface area contributed by atoms with E-state index in [1.165, 1.54) is 11.3 Å². The van der Waals surface area contributed by atoms with Gasteiger partial charge in [-0.3, -0.25) is 14.6 Å². The Morgan fingerprint density at radius 1 is 1.05 bits per heavy atom. The van der Waals surface area contributed by atoms with Crippen molar-refractivity contribution in [2.24, 2.45) is 0 Å². The Labute approximate surface area is 234 Å². The first-order valence-electron chi connectivity index (χ1n) is 13.3.